The molecule has 6 heteroatoms. The van der Waals surface area contributed by atoms with Crippen molar-refractivity contribution in [3.05, 3.63) is 0 Å². The molecule has 1 heterocycles. The maximum absolute atomic E-state index is 11.6. The first-order valence-corrected chi connectivity index (χ1v) is 6.66. The van der Waals surface area contributed by atoms with E-state index in [4.69, 9.17) is 11.6 Å². The summed E-state index contributed by atoms with van der Waals surface area (Å²) >= 11 is 6.09. The highest BCUT2D eigenvalue weighted by Gasteiger charge is 2.42. The van der Waals surface area contributed by atoms with Gasteiger partial charge in [0.1, 0.15) is 5.25 Å². The quantitative estimate of drug-likeness (QED) is 0.631. The third kappa shape index (κ3) is 1.63. The number of hydrogen-bond acceptors (Lipinski definition) is 3. The zero-order valence-corrected chi connectivity index (χ0v) is 9.42. The van der Waals surface area contributed by atoms with Gasteiger partial charge in [-0.1, -0.05) is 6.92 Å². The van der Waals surface area contributed by atoms with Crippen molar-refractivity contribution in [2.45, 2.75) is 36.4 Å². The topological polar surface area (TPSA) is 58.5 Å². The standard InChI is InChI=1S/C8H13ClN2O2S/c1-5-2-8-7(3-6(5)9)10-4-11-14(8,12)13/h4-8H,2-3H2,1H3,(H,10,11). The smallest absolute Gasteiger partial charge is 0.238 e. The summed E-state index contributed by atoms with van der Waals surface area (Å²) in [7, 11) is -3.20. The van der Waals surface area contributed by atoms with Gasteiger partial charge in [0.25, 0.3) is 0 Å². The Labute approximate surface area is 88.8 Å². The number of aliphatic imine (C=N–C) groups is 1. The van der Waals surface area contributed by atoms with Gasteiger partial charge in [0.15, 0.2) is 0 Å². The van der Waals surface area contributed by atoms with Crippen LogP contribution >= 0.6 is 11.6 Å². The van der Waals surface area contributed by atoms with E-state index in [0.717, 1.165) is 0 Å². The van der Waals surface area contributed by atoms with E-state index in [1.807, 2.05) is 6.92 Å². The summed E-state index contributed by atoms with van der Waals surface area (Å²) in [5.41, 5.74) is 0. The summed E-state index contributed by atoms with van der Waals surface area (Å²) < 4.78 is 25.6. The van der Waals surface area contributed by atoms with Crippen molar-refractivity contribution in [3.63, 3.8) is 0 Å². The third-order valence-corrected chi connectivity index (χ3v) is 5.34. The first kappa shape index (κ1) is 10.2. The Balaban J connectivity index is 2.28. The molecule has 0 amide bonds. The maximum Gasteiger partial charge on any atom is 0.238 e. The summed E-state index contributed by atoms with van der Waals surface area (Å²) in [5.74, 6) is 0.239. The van der Waals surface area contributed by atoms with Gasteiger partial charge in [0.2, 0.25) is 10.0 Å². The van der Waals surface area contributed by atoms with Crippen LogP contribution in [0.5, 0.6) is 0 Å². The van der Waals surface area contributed by atoms with Gasteiger partial charge in [-0.25, -0.2) is 8.42 Å². The number of halogens is 1. The van der Waals surface area contributed by atoms with Crippen LogP contribution in [0.1, 0.15) is 19.8 Å². The molecule has 4 unspecified atom stereocenters. The van der Waals surface area contributed by atoms with Gasteiger partial charge in [-0.15, -0.1) is 11.6 Å². The Hall–Kier alpha value is -0.290. The van der Waals surface area contributed by atoms with Crippen molar-refractivity contribution < 1.29 is 8.42 Å². The van der Waals surface area contributed by atoms with E-state index in [0.29, 0.717) is 12.8 Å². The van der Waals surface area contributed by atoms with Crippen molar-refractivity contribution in [2.24, 2.45) is 10.9 Å². The highest BCUT2D eigenvalue weighted by Crippen LogP contribution is 2.34. The molecule has 4 atom stereocenters. The Morgan fingerprint density at radius 1 is 1.50 bits per heavy atom. The molecule has 0 radical (unpaired) electrons. The van der Waals surface area contributed by atoms with E-state index >= 15 is 0 Å². The van der Waals surface area contributed by atoms with Crippen molar-refractivity contribution in [3.8, 4) is 0 Å². The molecule has 0 aromatic rings. The van der Waals surface area contributed by atoms with Gasteiger partial charge < -0.3 is 0 Å². The molecule has 1 N–H and O–H groups in total. The molecule has 0 saturated heterocycles. The van der Waals surface area contributed by atoms with Gasteiger partial charge in [-0.2, -0.15) is 0 Å². The van der Waals surface area contributed by atoms with Gasteiger partial charge >= 0.3 is 0 Å². The molecule has 14 heavy (non-hydrogen) atoms. The lowest BCUT2D eigenvalue weighted by molar-refractivity contribution is 0.351. The maximum atomic E-state index is 11.6. The average molecular weight is 237 g/mol. The number of nitrogens with one attached hydrogen (secondary N) is 1. The predicted molar refractivity (Wildman–Crippen MR) is 56.2 cm³/mol. The predicted octanol–water partition coefficient (Wildman–Crippen LogP) is 0.722. The SMILES string of the molecule is CC1CC2C(CC1Cl)N=CNS2(=O)=O. The van der Waals surface area contributed by atoms with Gasteiger partial charge in [0, 0.05) is 5.38 Å². The monoisotopic (exact) mass is 236 g/mol. The number of sulfonamides is 1. The number of hydrogen-bond donors (Lipinski definition) is 1. The number of nitrogens with zero attached hydrogens (tertiary/aromatic N) is 1. The molecule has 80 valence electrons. The minimum Gasteiger partial charge on any atom is -0.274 e. The van der Waals surface area contributed by atoms with Crippen LogP contribution in [0.4, 0.5) is 0 Å². The minimum absolute atomic E-state index is 0.0432. The lowest BCUT2D eigenvalue weighted by atomic mass is 9.86. The highest BCUT2D eigenvalue weighted by atomic mass is 35.5. The lowest BCUT2D eigenvalue weighted by Crippen LogP contribution is -2.50. The van der Waals surface area contributed by atoms with Crippen LogP contribution in [-0.4, -0.2) is 31.4 Å². The molecular formula is C8H13ClN2O2S. The normalized spacial score (nSPS) is 45.3. The fourth-order valence-corrected chi connectivity index (χ4v) is 3.88. The van der Waals surface area contributed by atoms with Crippen LogP contribution in [0.3, 0.4) is 0 Å². The number of rotatable bonds is 0. The number of alkyl halides is 1. The molecule has 1 aliphatic heterocycles. The molecule has 1 saturated carbocycles. The first-order chi connectivity index (χ1) is 6.50. The van der Waals surface area contributed by atoms with E-state index in [2.05, 4.69) is 9.71 Å². The minimum atomic E-state index is -3.20. The Kier molecular flexibility index (Phi) is 2.47. The van der Waals surface area contributed by atoms with Crippen molar-refractivity contribution in [1.29, 1.82) is 0 Å². The second-order valence-electron chi connectivity index (χ2n) is 4.01. The van der Waals surface area contributed by atoms with Gasteiger partial charge in [0.05, 0.1) is 12.4 Å². The molecule has 0 aromatic heterocycles. The zero-order valence-electron chi connectivity index (χ0n) is 7.85. The molecule has 1 fully saturated rings. The first-order valence-electron chi connectivity index (χ1n) is 4.67. The van der Waals surface area contributed by atoms with Crippen LogP contribution in [0.25, 0.3) is 0 Å². The highest BCUT2D eigenvalue weighted by molar-refractivity contribution is 7.90. The molecule has 2 aliphatic rings. The van der Waals surface area contributed by atoms with E-state index in [9.17, 15) is 8.42 Å². The third-order valence-electron chi connectivity index (χ3n) is 3.00. The van der Waals surface area contributed by atoms with Crippen LogP contribution in [0.15, 0.2) is 4.99 Å². The van der Waals surface area contributed by atoms with Gasteiger partial charge in [-0.05, 0) is 18.8 Å². The van der Waals surface area contributed by atoms with Crippen LogP contribution < -0.4 is 4.72 Å². The molecule has 4 nitrogen and oxygen atoms in total. The van der Waals surface area contributed by atoms with E-state index in [1.54, 1.807) is 0 Å². The van der Waals surface area contributed by atoms with E-state index < -0.39 is 15.3 Å². The number of fused-ring (bicyclic) bond motifs is 1. The molecule has 0 aromatic carbocycles. The summed E-state index contributed by atoms with van der Waals surface area (Å²) in [5, 5.41) is -0.348. The Morgan fingerprint density at radius 2 is 2.21 bits per heavy atom. The summed E-state index contributed by atoms with van der Waals surface area (Å²) in [4.78, 5) is 4.13. The summed E-state index contributed by atoms with van der Waals surface area (Å²) in [6, 6.07) is -0.153. The van der Waals surface area contributed by atoms with Crippen molar-refractivity contribution in [1.82, 2.24) is 4.72 Å². The van der Waals surface area contributed by atoms with Crippen molar-refractivity contribution in [2.75, 3.05) is 0 Å². The molecule has 1 aliphatic carbocycles. The molecule has 0 bridgehead atoms. The van der Waals surface area contributed by atoms with Crippen molar-refractivity contribution >= 4 is 28.0 Å². The van der Waals surface area contributed by atoms with Crippen LogP contribution in [-0.2, 0) is 10.0 Å². The fraction of sp³-hybridized carbons (Fsp3) is 0.875. The summed E-state index contributed by atoms with van der Waals surface area (Å²) in [6.07, 6.45) is 2.53. The fourth-order valence-electron chi connectivity index (χ4n) is 2.06. The zero-order chi connectivity index (χ0) is 10.3. The largest absolute Gasteiger partial charge is 0.274 e. The average Bonchev–Trinajstić information content (AvgIpc) is 2.08. The van der Waals surface area contributed by atoms with Crippen LogP contribution in [0.2, 0.25) is 0 Å². The second-order valence-corrected chi connectivity index (χ2v) is 6.50. The Morgan fingerprint density at radius 3 is 2.93 bits per heavy atom. The van der Waals surface area contributed by atoms with Gasteiger partial charge in [-0.3, -0.25) is 9.71 Å². The molecule has 0 spiro atoms. The van der Waals surface area contributed by atoms with E-state index in [1.165, 1.54) is 6.34 Å². The van der Waals surface area contributed by atoms with Crippen LogP contribution in [0, 0.1) is 5.92 Å². The second kappa shape index (κ2) is 3.38. The molecule has 2 rings (SSSR count). The lowest BCUT2D eigenvalue weighted by Gasteiger charge is -2.36. The summed E-state index contributed by atoms with van der Waals surface area (Å²) in [6.45, 7) is 1.99. The molecular weight excluding hydrogens is 224 g/mol. The van der Waals surface area contributed by atoms with E-state index in [-0.39, 0.29) is 17.3 Å². The Bertz CT molecular complexity index is 354.